The molecular formula is C17H29ClN2O3. The van der Waals surface area contributed by atoms with Gasteiger partial charge in [-0.05, 0) is 50.8 Å². The zero-order chi connectivity index (χ0) is 16.4. The van der Waals surface area contributed by atoms with Crippen LogP contribution in [0.4, 0.5) is 0 Å². The Labute approximate surface area is 145 Å². The minimum atomic E-state index is 0. The molecule has 0 saturated carbocycles. The Morgan fingerprint density at radius 2 is 2.09 bits per heavy atom. The minimum absolute atomic E-state index is 0. The Kier molecular flexibility index (Phi) is 11.3. The van der Waals surface area contributed by atoms with Gasteiger partial charge in [0.25, 0.3) is 0 Å². The highest BCUT2D eigenvalue weighted by Crippen LogP contribution is 2.28. The summed E-state index contributed by atoms with van der Waals surface area (Å²) >= 11 is 0. The molecule has 1 aromatic carbocycles. The lowest BCUT2D eigenvalue weighted by molar-refractivity contribution is -0.121. The van der Waals surface area contributed by atoms with Crippen molar-refractivity contribution in [2.45, 2.75) is 45.6 Å². The molecule has 0 aromatic heterocycles. The molecule has 0 heterocycles. The fourth-order valence-corrected chi connectivity index (χ4v) is 2.11. The number of halogens is 1. The molecule has 1 atom stereocenters. The molecule has 1 aromatic rings. The molecule has 0 saturated heterocycles. The Balaban J connectivity index is 0.00000484. The molecule has 5 nitrogen and oxygen atoms in total. The van der Waals surface area contributed by atoms with Gasteiger partial charge in [0, 0.05) is 19.0 Å². The van der Waals surface area contributed by atoms with Gasteiger partial charge in [-0.1, -0.05) is 6.07 Å². The molecule has 1 amide bonds. The van der Waals surface area contributed by atoms with E-state index in [1.165, 1.54) is 5.56 Å². The molecule has 0 spiro atoms. The van der Waals surface area contributed by atoms with Gasteiger partial charge >= 0.3 is 0 Å². The normalized spacial score (nSPS) is 11.3. The minimum Gasteiger partial charge on any atom is -0.493 e. The summed E-state index contributed by atoms with van der Waals surface area (Å²) in [5.74, 6) is 1.58. The van der Waals surface area contributed by atoms with Crippen molar-refractivity contribution < 1.29 is 14.3 Å². The predicted octanol–water partition coefficient (Wildman–Crippen LogP) is 2.69. The van der Waals surface area contributed by atoms with Gasteiger partial charge in [-0.3, -0.25) is 4.79 Å². The molecule has 1 unspecified atom stereocenters. The maximum absolute atomic E-state index is 11.6. The van der Waals surface area contributed by atoms with Crippen molar-refractivity contribution in [3.63, 3.8) is 0 Å². The first-order chi connectivity index (χ1) is 10.6. The van der Waals surface area contributed by atoms with Crippen molar-refractivity contribution in [1.29, 1.82) is 0 Å². The SMILES string of the molecule is CCOc1cc(CCCNC(=O)CCC(C)N)ccc1OC.Cl. The number of aryl methyl sites for hydroxylation is 1. The fraction of sp³-hybridized carbons (Fsp3) is 0.588. The lowest BCUT2D eigenvalue weighted by Crippen LogP contribution is -2.26. The summed E-state index contributed by atoms with van der Waals surface area (Å²) < 4.78 is 10.8. The van der Waals surface area contributed by atoms with Crippen LogP contribution >= 0.6 is 12.4 Å². The molecule has 0 aliphatic rings. The molecule has 6 heteroatoms. The fourth-order valence-electron chi connectivity index (χ4n) is 2.11. The number of carbonyl (C=O) groups excluding carboxylic acids is 1. The van der Waals surface area contributed by atoms with Crippen molar-refractivity contribution >= 4 is 18.3 Å². The van der Waals surface area contributed by atoms with E-state index in [0.717, 1.165) is 30.8 Å². The topological polar surface area (TPSA) is 73.6 Å². The van der Waals surface area contributed by atoms with Crippen LogP contribution in [0.2, 0.25) is 0 Å². The van der Waals surface area contributed by atoms with Crippen molar-refractivity contribution in [3.05, 3.63) is 23.8 Å². The number of hydrogen-bond donors (Lipinski definition) is 2. The molecule has 0 radical (unpaired) electrons. The van der Waals surface area contributed by atoms with Gasteiger partial charge < -0.3 is 20.5 Å². The number of hydrogen-bond acceptors (Lipinski definition) is 4. The standard InChI is InChI=1S/C17H28N2O3.ClH/c1-4-22-16-12-14(8-9-15(16)21-3)6-5-11-19-17(20)10-7-13(2)18;/h8-9,12-13H,4-7,10-11,18H2,1-3H3,(H,19,20);1H. The summed E-state index contributed by atoms with van der Waals surface area (Å²) in [7, 11) is 1.63. The van der Waals surface area contributed by atoms with Gasteiger partial charge in [-0.25, -0.2) is 0 Å². The number of rotatable bonds is 10. The maximum Gasteiger partial charge on any atom is 0.220 e. The summed E-state index contributed by atoms with van der Waals surface area (Å²) in [5.41, 5.74) is 6.81. The maximum atomic E-state index is 11.6. The average molecular weight is 345 g/mol. The van der Waals surface area contributed by atoms with Gasteiger partial charge in [-0.15, -0.1) is 12.4 Å². The van der Waals surface area contributed by atoms with E-state index >= 15 is 0 Å². The Morgan fingerprint density at radius 1 is 1.35 bits per heavy atom. The Morgan fingerprint density at radius 3 is 2.70 bits per heavy atom. The first kappa shape index (κ1) is 21.5. The van der Waals surface area contributed by atoms with Gasteiger partial charge in [-0.2, -0.15) is 0 Å². The lowest BCUT2D eigenvalue weighted by atomic mass is 10.1. The molecule has 1 rings (SSSR count). The van der Waals surface area contributed by atoms with Crippen LogP contribution in [0, 0.1) is 0 Å². The summed E-state index contributed by atoms with van der Waals surface area (Å²) in [4.78, 5) is 11.6. The number of amides is 1. The van der Waals surface area contributed by atoms with Crippen LogP contribution < -0.4 is 20.5 Å². The van der Waals surface area contributed by atoms with Crippen molar-refractivity contribution in [2.24, 2.45) is 5.73 Å². The summed E-state index contributed by atoms with van der Waals surface area (Å²) in [6.07, 6.45) is 3.00. The number of nitrogens with one attached hydrogen (secondary N) is 1. The van der Waals surface area contributed by atoms with E-state index in [0.29, 0.717) is 19.6 Å². The molecule has 132 valence electrons. The van der Waals surface area contributed by atoms with Crippen LogP contribution in [-0.4, -0.2) is 32.2 Å². The smallest absolute Gasteiger partial charge is 0.220 e. The summed E-state index contributed by atoms with van der Waals surface area (Å²) in [6, 6.07) is 6.02. The monoisotopic (exact) mass is 344 g/mol. The number of carbonyl (C=O) groups is 1. The van der Waals surface area contributed by atoms with Crippen LogP contribution in [0.15, 0.2) is 18.2 Å². The zero-order valence-electron chi connectivity index (χ0n) is 14.3. The first-order valence-electron chi connectivity index (χ1n) is 7.88. The summed E-state index contributed by atoms with van der Waals surface area (Å²) in [6.45, 7) is 5.14. The second kappa shape index (κ2) is 12.0. The number of methoxy groups -OCH3 is 1. The predicted molar refractivity (Wildman–Crippen MR) is 95.6 cm³/mol. The molecule has 23 heavy (non-hydrogen) atoms. The van der Waals surface area contributed by atoms with Gasteiger partial charge in [0.2, 0.25) is 5.91 Å². The van der Waals surface area contributed by atoms with E-state index < -0.39 is 0 Å². The molecule has 0 bridgehead atoms. The van der Waals surface area contributed by atoms with Crippen LogP contribution in [0.1, 0.15) is 38.7 Å². The highest BCUT2D eigenvalue weighted by Gasteiger charge is 2.06. The van der Waals surface area contributed by atoms with E-state index in [2.05, 4.69) is 5.32 Å². The third kappa shape index (κ3) is 8.67. The van der Waals surface area contributed by atoms with Gasteiger partial charge in [0.15, 0.2) is 11.5 Å². The van der Waals surface area contributed by atoms with Gasteiger partial charge in [0.1, 0.15) is 0 Å². The van der Waals surface area contributed by atoms with Crippen molar-refractivity contribution in [1.82, 2.24) is 5.32 Å². The van der Waals surface area contributed by atoms with Crippen LogP contribution in [-0.2, 0) is 11.2 Å². The van der Waals surface area contributed by atoms with Crippen LogP contribution in [0.25, 0.3) is 0 Å². The zero-order valence-corrected chi connectivity index (χ0v) is 15.1. The Hall–Kier alpha value is -1.46. The largest absolute Gasteiger partial charge is 0.493 e. The van der Waals surface area contributed by atoms with E-state index in [4.69, 9.17) is 15.2 Å². The second-order valence-corrected chi connectivity index (χ2v) is 5.39. The van der Waals surface area contributed by atoms with Crippen molar-refractivity contribution in [3.8, 4) is 11.5 Å². The van der Waals surface area contributed by atoms with Crippen LogP contribution in [0.5, 0.6) is 11.5 Å². The molecular weight excluding hydrogens is 316 g/mol. The highest BCUT2D eigenvalue weighted by molar-refractivity contribution is 5.85. The van der Waals surface area contributed by atoms with Crippen LogP contribution in [0.3, 0.4) is 0 Å². The van der Waals surface area contributed by atoms with E-state index in [9.17, 15) is 4.79 Å². The highest BCUT2D eigenvalue weighted by atomic mass is 35.5. The van der Waals surface area contributed by atoms with E-state index in [-0.39, 0.29) is 24.4 Å². The third-order valence-corrected chi connectivity index (χ3v) is 3.32. The molecule has 0 fully saturated rings. The molecule has 3 N–H and O–H groups in total. The molecule has 0 aliphatic heterocycles. The Bertz CT molecular complexity index is 467. The summed E-state index contributed by atoms with van der Waals surface area (Å²) in [5, 5.41) is 2.92. The van der Waals surface area contributed by atoms with Gasteiger partial charge in [0.05, 0.1) is 13.7 Å². The third-order valence-electron chi connectivity index (χ3n) is 3.32. The van der Waals surface area contributed by atoms with E-state index in [1.54, 1.807) is 7.11 Å². The average Bonchev–Trinajstić information content (AvgIpc) is 2.50. The molecule has 0 aliphatic carbocycles. The lowest BCUT2D eigenvalue weighted by Gasteiger charge is -2.11. The number of nitrogens with two attached hydrogens (primary N) is 1. The number of ether oxygens (including phenoxy) is 2. The van der Waals surface area contributed by atoms with E-state index in [1.807, 2.05) is 32.0 Å². The van der Waals surface area contributed by atoms with Crippen molar-refractivity contribution in [2.75, 3.05) is 20.3 Å². The second-order valence-electron chi connectivity index (χ2n) is 5.39. The first-order valence-corrected chi connectivity index (χ1v) is 7.88. The quantitative estimate of drug-likeness (QED) is 0.640. The number of benzene rings is 1.